The Morgan fingerprint density at radius 1 is 0.448 bits per heavy atom. The quantitative estimate of drug-likeness (QED) is 0.257. The van der Waals surface area contributed by atoms with Gasteiger partial charge in [-0.15, -0.1) is 0 Å². The molecule has 0 radical (unpaired) electrons. The molecule has 0 spiro atoms. The van der Waals surface area contributed by atoms with Gasteiger partial charge in [-0.2, -0.15) is 0 Å². The Morgan fingerprint density at radius 2 is 0.931 bits per heavy atom. The van der Waals surface area contributed by atoms with E-state index >= 15 is 0 Å². The molecule has 0 fully saturated rings. The van der Waals surface area contributed by atoms with Gasteiger partial charge in [-0.3, -0.25) is 0 Å². The second kappa shape index (κ2) is 7.65. The van der Waals surface area contributed by atoms with Crippen LogP contribution in [0, 0.1) is 0 Å². The van der Waals surface area contributed by atoms with Gasteiger partial charge in [-0.05, 0) is 47.0 Å². The van der Waals surface area contributed by atoms with Gasteiger partial charge in [0.25, 0.3) is 0 Å². The molecule has 0 bridgehead atoms. The zero-order valence-corrected chi connectivity index (χ0v) is 17.3. The van der Waals surface area contributed by atoms with Crippen molar-refractivity contribution in [2.75, 3.05) is 0 Å². The summed E-state index contributed by atoms with van der Waals surface area (Å²) in [5, 5.41) is 0. The first-order valence-corrected chi connectivity index (χ1v) is 10.4. The van der Waals surface area contributed by atoms with E-state index in [1.807, 2.05) is 36.4 Å². The smallest absolute Gasteiger partial charge is 0.207 e. The Hall–Kier alpha value is -3.23. The fraction of sp³-hybridized carbons (Fsp3) is 0. The first-order valence-electron chi connectivity index (χ1n) is 9.56. The van der Waals surface area contributed by atoms with Crippen LogP contribution in [-0.2, 0) is 0 Å². The monoisotopic (exact) mass is 437 g/mol. The molecule has 1 heterocycles. The summed E-state index contributed by atoms with van der Waals surface area (Å²) in [6, 6.07) is 37.5. The summed E-state index contributed by atoms with van der Waals surface area (Å²) < 4.78 is 7.44. The summed E-state index contributed by atoms with van der Waals surface area (Å²) in [4.78, 5) is 0. The van der Waals surface area contributed by atoms with Gasteiger partial charge in [0.05, 0.1) is 23.3 Å². The standard InChI is InChI=1S/C27H18BrO/c28-25-18-24(22-14-8-3-9-15-23(22)25)21-16-26(19-10-4-1-5-11-19)29-27(17-21)20-12-6-2-7-13-20/h1-18H/q+1. The molecule has 2 aliphatic carbocycles. The van der Waals surface area contributed by atoms with E-state index in [4.69, 9.17) is 4.42 Å². The fourth-order valence-corrected chi connectivity index (χ4v) is 4.23. The average Bonchev–Trinajstić information content (AvgIpc) is 2.94. The van der Waals surface area contributed by atoms with E-state index in [0.29, 0.717) is 0 Å². The molecule has 0 saturated carbocycles. The number of halogens is 1. The maximum Gasteiger partial charge on any atom is 0.361 e. The molecule has 0 atom stereocenters. The normalized spacial score (nSPS) is 10.9. The van der Waals surface area contributed by atoms with E-state index in [9.17, 15) is 0 Å². The lowest BCUT2D eigenvalue weighted by Gasteiger charge is -2.03. The molecule has 1 aromatic heterocycles. The molecule has 138 valence electrons. The summed E-state index contributed by atoms with van der Waals surface area (Å²) in [5.74, 6) is 1.71. The fourth-order valence-electron chi connectivity index (χ4n) is 3.66. The molecule has 3 aromatic rings. The summed E-state index contributed by atoms with van der Waals surface area (Å²) >= 11 is 3.74. The zero-order valence-electron chi connectivity index (χ0n) is 15.7. The van der Waals surface area contributed by atoms with Crippen molar-refractivity contribution in [2.24, 2.45) is 0 Å². The van der Waals surface area contributed by atoms with Crippen LogP contribution in [0.3, 0.4) is 0 Å². The van der Waals surface area contributed by atoms with E-state index in [-0.39, 0.29) is 0 Å². The molecule has 5 rings (SSSR count). The molecule has 0 saturated heterocycles. The van der Waals surface area contributed by atoms with Crippen molar-refractivity contribution in [3.05, 3.63) is 114 Å². The highest BCUT2D eigenvalue weighted by Gasteiger charge is 2.23. The molecule has 29 heavy (non-hydrogen) atoms. The topological polar surface area (TPSA) is 11.3 Å². The van der Waals surface area contributed by atoms with E-state index in [0.717, 1.165) is 32.7 Å². The minimum Gasteiger partial charge on any atom is -0.207 e. The number of hydrogen-bond acceptors (Lipinski definition) is 0. The number of fused-ring (bicyclic) bond motifs is 1. The third-order valence-corrected chi connectivity index (χ3v) is 5.73. The summed E-state index contributed by atoms with van der Waals surface area (Å²) in [5.41, 5.74) is 6.86. The lowest BCUT2D eigenvalue weighted by atomic mass is 10.00. The Bertz CT molecular complexity index is 1190. The molecule has 2 aliphatic rings. The molecule has 0 aliphatic heterocycles. The SMILES string of the molecule is Brc1cc(-c2cc(-c3ccccc3)[o+]c(-c3ccccc3)c2)c2cccccc1-2. The Labute approximate surface area is 178 Å². The van der Waals surface area contributed by atoms with Crippen molar-refractivity contribution in [3.63, 3.8) is 0 Å². The summed E-state index contributed by atoms with van der Waals surface area (Å²) in [6.07, 6.45) is 0. The highest BCUT2D eigenvalue weighted by Crippen LogP contribution is 2.43. The second-order valence-electron chi connectivity index (χ2n) is 6.95. The van der Waals surface area contributed by atoms with Gasteiger partial charge in [0.15, 0.2) is 0 Å². The summed E-state index contributed by atoms with van der Waals surface area (Å²) in [6.45, 7) is 0. The first-order chi connectivity index (χ1) is 14.3. The van der Waals surface area contributed by atoms with Crippen LogP contribution in [0.5, 0.6) is 0 Å². The molecule has 0 N–H and O–H groups in total. The number of benzene rings is 2. The highest BCUT2D eigenvalue weighted by molar-refractivity contribution is 9.10. The van der Waals surface area contributed by atoms with E-state index in [1.54, 1.807) is 0 Å². The van der Waals surface area contributed by atoms with Crippen LogP contribution in [0.1, 0.15) is 0 Å². The van der Waals surface area contributed by atoms with E-state index < -0.39 is 0 Å². The van der Waals surface area contributed by atoms with Gasteiger partial charge in [-0.25, -0.2) is 4.42 Å². The van der Waals surface area contributed by atoms with E-state index in [2.05, 4.69) is 88.7 Å². The van der Waals surface area contributed by atoms with Crippen molar-refractivity contribution >= 4 is 15.9 Å². The third kappa shape index (κ3) is 3.48. The maximum absolute atomic E-state index is 6.34. The second-order valence-corrected chi connectivity index (χ2v) is 7.80. The van der Waals surface area contributed by atoms with Crippen LogP contribution in [0.4, 0.5) is 0 Å². The molecule has 2 aromatic carbocycles. The first kappa shape index (κ1) is 17.8. The lowest BCUT2D eigenvalue weighted by Crippen LogP contribution is -1.86. The summed E-state index contributed by atoms with van der Waals surface area (Å²) in [7, 11) is 0. The third-order valence-electron chi connectivity index (χ3n) is 5.08. The minimum absolute atomic E-state index is 0.854. The predicted octanol–water partition coefficient (Wildman–Crippen LogP) is 8.43. The van der Waals surface area contributed by atoms with Crippen LogP contribution < -0.4 is 0 Å². The highest BCUT2D eigenvalue weighted by atomic mass is 79.9. The predicted molar refractivity (Wildman–Crippen MR) is 124 cm³/mol. The minimum atomic E-state index is 0.854. The zero-order chi connectivity index (χ0) is 19.6. The van der Waals surface area contributed by atoms with Gasteiger partial charge in [0, 0.05) is 10.0 Å². The molecular weight excluding hydrogens is 420 g/mol. The van der Waals surface area contributed by atoms with Crippen LogP contribution in [-0.4, -0.2) is 0 Å². The largest absolute Gasteiger partial charge is 0.361 e. The molecule has 0 amide bonds. The maximum atomic E-state index is 6.34. The molecular formula is C27H18BrO+. The van der Waals surface area contributed by atoms with Crippen molar-refractivity contribution in [1.82, 2.24) is 0 Å². The van der Waals surface area contributed by atoms with Crippen LogP contribution in [0.2, 0.25) is 0 Å². The van der Waals surface area contributed by atoms with Crippen molar-refractivity contribution in [1.29, 1.82) is 0 Å². The Kier molecular flexibility index (Phi) is 4.71. The number of hydrogen-bond donors (Lipinski definition) is 0. The van der Waals surface area contributed by atoms with Crippen molar-refractivity contribution in [3.8, 4) is 44.9 Å². The van der Waals surface area contributed by atoms with E-state index in [1.165, 1.54) is 16.7 Å². The molecule has 1 nitrogen and oxygen atoms in total. The Morgan fingerprint density at radius 3 is 1.48 bits per heavy atom. The average molecular weight is 438 g/mol. The Balaban J connectivity index is 1.76. The van der Waals surface area contributed by atoms with Crippen molar-refractivity contribution < 1.29 is 4.42 Å². The van der Waals surface area contributed by atoms with Crippen LogP contribution in [0.15, 0.2) is 118 Å². The van der Waals surface area contributed by atoms with Crippen LogP contribution >= 0.6 is 15.9 Å². The van der Waals surface area contributed by atoms with Crippen LogP contribution in [0.25, 0.3) is 44.9 Å². The van der Waals surface area contributed by atoms with Crippen molar-refractivity contribution in [2.45, 2.75) is 0 Å². The van der Waals surface area contributed by atoms with Gasteiger partial charge in [0.1, 0.15) is 0 Å². The van der Waals surface area contributed by atoms with Gasteiger partial charge in [-0.1, -0.05) is 82.7 Å². The lowest BCUT2D eigenvalue weighted by molar-refractivity contribution is 0.582. The van der Waals surface area contributed by atoms with Gasteiger partial charge < -0.3 is 0 Å². The van der Waals surface area contributed by atoms with Gasteiger partial charge >= 0.3 is 11.5 Å². The van der Waals surface area contributed by atoms with Gasteiger partial charge in [0.2, 0.25) is 0 Å². The number of rotatable bonds is 3. The molecule has 0 unspecified atom stereocenters. The molecule has 2 heteroatoms.